The fourth-order valence-electron chi connectivity index (χ4n) is 1.04. The molecule has 72 valence electrons. The van der Waals surface area contributed by atoms with Gasteiger partial charge in [0.05, 0.1) is 16.3 Å². The Morgan fingerprint density at radius 3 is 2.86 bits per heavy atom. The normalized spacial score (nSPS) is 17.8. The highest BCUT2D eigenvalue weighted by Crippen LogP contribution is 2.26. The van der Waals surface area contributed by atoms with Crippen LogP contribution in [0.3, 0.4) is 0 Å². The summed E-state index contributed by atoms with van der Waals surface area (Å²) >= 11 is 6.19. The Balaban J connectivity index is 2.40. The van der Waals surface area contributed by atoms with Crippen LogP contribution >= 0.6 is 23.6 Å². The van der Waals surface area contributed by atoms with Gasteiger partial charge in [0.1, 0.15) is 0 Å². The van der Waals surface area contributed by atoms with Crippen LogP contribution in [0.1, 0.15) is 11.8 Å². The average molecular weight is 225 g/mol. The molecule has 1 aliphatic rings. The van der Waals surface area contributed by atoms with E-state index in [0.29, 0.717) is 8.83 Å². The Kier molecular flexibility index (Phi) is 2.30. The topological polar surface area (TPSA) is 60.7 Å². The highest BCUT2D eigenvalue weighted by molar-refractivity contribution is 7.73. The van der Waals surface area contributed by atoms with Gasteiger partial charge >= 0.3 is 0 Å². The van der Waals surface area contributed by atoms with Crippen molar-refractivity contribution in [1.82, 2.24) is 4.98 Å². The summed E-state index contributed by atoms with van der Waals surface area (Å²) in [4.78, 5) is 3.32. The summed E-state index contributed by atoms with van der Waals surface area (Å²) in [6, 6.07) is 0. The van der Waals surface area contributed by atoms with Crippen molar-refractivity contribution in [3.05, 3.63) is 26.3 Å². The maximum atomic E-state index is 9.41. The summed E-state index contributed by atoms with van der Waals surface area (Å²) in [5.74, 6) is 0.0839. The van der Waals surface area contributed by atoms with Crippen molar-refractivity contribution in [3.63, 3.8) is 0 Å². The second-order valence-corrected chi connectivity index (χ2v) is 4.50. The third kappa shape index (κ3) is 1.80. The molecule has 1 aliphatic heterocycles. The highest BCUT2D eigenvalue weighted by atomic mass is 32.1. The molecule has 0 bridgehead atoms. The van der Waals surface area contributed by atoms with Crippen molar-refractivity contribution in [2.75, 3.05) is 0 Å². The zero-order chi connectivity index (χ0) is 10.1. The quantitative estimate of drug-likeness (QED) is 0.721. The number of aromatic amines is 1. The summed E-state index contributed by atoms with van der Waals surface area (Å²) in [6.07, 6.45) is 3.58. The largest absolute Gasteiger partial charge is 0.494 e. The van der Waals surface area contributed by atoms with Crippen molar-refractivity contribution in [2.24, 2.45) is 10.2 Å². The molecule has 0 aromatic carbocycles. The fraction of sp³-hybridized carbons (Fsp3) is 0.125. The van der Waals surface area contributed by atoms with Gasteiger partial charge in [0.15, 0.2) is 3.95 Å². The van der Waals surface area contributed by atoms with Gasteiger partial charge < -0.3 is 10.1 Å². The van der Waals surface area contributed by atoms with Gasteiger partial charge in [-0.25, -0.2) is 0 Å². The number of rotatable bonds is 1. The number of allylic oxidation sites excluding steroid dienone is 2. The van der Waals surface area contributed by atoms with Crippen LogP contribution in [-0.4, -0.2) is 10.1 Å². The summed E-state index contributed by atoms with van der Waals surface area (Å²) < 4.78 is 0.546. The average Bonchev–Trinajstić information content (AvgIpc) is 2.61. The number of hydrogen-bond acceptors (Lipinski definition) is 5. The molecule has 2 heterocycles. The van der Waals surface area contributed by atoms with E-state index in [1.165, 1.54) is 11.3 Å². The van der Waals surface area contributed by atoms with Gasteiger partial charge in [0.25, 0.3) is 0 Å². The van der Waals surface area contributed by atoms with Gasteiger partial charge in [-0.3, -0.25) is 0 Å². The second-order valence-electron chi connectivity index (χ2n) is 2.78. The van der Waals surface area contributed by atoms with Gasteiger partial charge in [0.2, 0.25) is 5.88 Å². The van der Waals surface area contributed by atoms with E-state index < -0.39 is 0 Å². The first-order chi connectivity index (χ1) is 6.65. The van der Waals surface area contributed by atoms with E-state index in [4.69, 9.17) is 12.2 Å². The molecule has 1 aromatic heterocycles. The van der Waals surface area contributed by atoms with E-state index in [1.54, 1.807) is 6.08 Å². The van der Waals surface area contributed by atoms with Gasteiger partial charge in [-0.2, -0.15) is 10.2 Å². The number of aromatic hydroxyl groups is 1. The van der Waals surface area contributed by atoms with Crippen LogP contribution in [0.2, 0.25) is 0 Å². The number of hydrogen-bond donors (Lipinski definition) is 2. The summed E-state index contributed by atoms with van der Waals surface area (Å²) in [5, 5.41) is 17.2. The minimum atomic E-state index is 0.0839. The summed E-state index contributed by atoms with van der Waals surface area (Å²) in [7, 11) is 0. The van der Waals surface area contributed by atoms with Crippen LogP contribution in [0, 0.1) is 3.95 Å². The zero-order valence-electron chi connectivity index (χ0n) is 7.31. The standard InChI is InChI=1S/C8H7N3OS2/c1-4-2-5(11-10-4)3-6-7(12)9-8(13)14-6/h2-3,12H,1H3,(H,9,13)/b5-3-. The van der Waals surface area contributed by atoms with E-state index in [9.17, 15) is 5.11 Å². The Labute approximate surface area is 89.3 Å². The van der Waals surface area contributed by atoms with E-state index in [1.807, 2.05) is 13.0 Å². The Morgan fingerprint density at radius 1 is 1.57 bits per heavy atom. The SMILES string of the molecule is CC1=C/C(=C/c2sc(=S)[nH]c2O)N=N1. The lowest BCUT2D eigenvalue weighted by molar-refractivity contribution is 0.456. The highest BCUT2D eigenvalue weighted by Gasteiger charge is 2.05. The minimum absolute atomic E-state index is 0.0839. The molecule has 0 spiro atoms. The third-order valence-electron chi connectivity index (χ3n) is 1.62. The van der Waals surface area contributed by atoms with Gasteiger partial charge in [-0.1, -0.05) is 0 Å². The van der Waals surface area contributed by atoms with E-state index in [0.717, 1.165) is 11.4 Å². The first kappa shape index (κ1) is 9.29. The number of thiazole rings is 1. The lowest BCUT2D eigenvalue weighted by Gasteiger charge is -1.87. The van der Waals surface area contributed by atoms with Crippen LogP contribution in [0.25, 0.3) is 6.08 Å². The molecule has 0 amide bonds. The molecule has 1 aromatic rings. The molecule has 0 atom stereocenters. The monoisotopic (exact) mass is 225 g/mol. The molecule has 14 heavy (non-hydrogen) atoms. The van der Waals surface area contributed by atoms with E-state index >= 15 is 0 Å². The van der Waals surface area contributed by atoms with Crippen LogP contribution in [0.4, 0.5) is 0 Å². The maximum absolute atomic E-state index is 9.41. The molecule has 2 N–H and O–H groups in total. The Morgan fingerprint density at radius 2 is 2.36 bits per heavy atom. The van der Waals surface area contributed by atoms with Crippen molar-refractivity contribution >= 4 is 29.6 Å². The van der Waals surface area contributed by atoms with Crippen molar-refractivity contribution in [1.29, 1.82) is 0 Å². The maximum Gasteiger partial charge on any atom is 0.207 e. The van der Waals surface area contributed by atoms with E-state index in [-0.39, 0.29) is 5.88 Å². The molecule has 0 saturated carbocycles. The lowest BCUT2D eigenvalue weighted by Crippen LogP contribution is -1.69. The molecule has 2 rings (SSSR count). The van der Waals surface area contributed by atoms with Crippen LogP contribution in [0.15, 0.2) is 27.7 Å². The van der Waals surface area contributed by atoms with Gasteiger partial charge in [0, 0.05) is 0 Å². The number of H-pyrrole nitrogens is 1. The molecule has 0 unspecified atom stereocenters. The molecule has 4 nitrogen and oxygen atoms in total. The molecule has 0 saturated heterocycles. The minimum Gasteiger partial charge on any atom is -0.494 e. The van der Waals surface area contributed by atoms with E-state index in [2.05, 4.69) is 15.2 Å². The summed E-state index contributed by atoms with van der Waals surface area (Å²) in [5.41, 5.74) is 1.58. The number of azo groups is 1. The molecule has 0 aliphatic carbocycles. The molecule has 0 radical (unpaired) electrons. The van der Waals surface area contributed by atoms with Crippen molar-refractivity contribution in [2.45, 2.75) is 6.92 Å². The fourth-order valence-corrected chi connectivity index (χ4v) is 2.08. The van der Waals surface area contributed by atoms with Gasteiger partial charge in [-0.05, 0) is 31.3 Å². The van der Waals surface area contributed by atoms with Crippen LogP contribution in [-0.2, 0) is 0 Å². The number of nitrogens with zero attached hydrogens (tertiary/aromatic N) is 2. The molecule has 0 fully saturated rings. The number of aromatic nitrogens is 1. The predicted octanol–water partition coefficient (Wildman–Crippen LogP) is 3.22. The van der Waals surface area contributed by atoms with Crippen molar-refractivity contribution in [3.8, 4) is 5.88 Å². The predicted molar refractivity (Wildman–Crippen MR) is 57.8 cm³/mol. The smallest absolute Gasteiger partial charge is 0.207 e. The Bertz CT molecular complexity index is 507. The van der Waals surface area contributed by atoms with Crippen LogP contribution < -0.4 is 0 Å². The first-order valence-electron chi connectivity index (χ1n) is 3.89. The number of nitrogens with one attached hydrogen (secondary N) is 1. The summed E-state index contributed by atoms with van der Waals surface area (Å²) in [6.45, 7) is 1.86. The molecular formula is C8H7N3OS2. The lowest BCUT2D eigenvalue weighted by atomic mass is 10.3. The first-order valence-corrected chi connectivity index (χ1v) is 5.11. The zero-order valence-corrected chi connectivity index (χ0v) is 8.95. The van der Waals surface area contributed by atoms with Crippen LogP contribution in [0.5, 0.6) is 5.88 Å². The molecular weight excluding hydrogens is 218 g/mol. The second kappa shape index (κ2) is 3.47. The third-order valence-corrected chi connectivity index (χ3v) is 2.79. The Hall–Kier alpha value is -1.27. The van der Waals surface area contributed by atoms with Crippen molar-refractivity contribution < 1.29 is 5.11 Å². The molecule has 6 heteroatoms. The van der Waals surface area contributed by atoms with Gasteiger partial charge in [-0.15, -0.1) is 11.3 Å².